The number of fused-ring (bicyclic) bond motifs is 1. The van der Waals surface area contributed by atoms with Crippen molar-refractivity contribution in [1.29, 1.82) is 0 Å². The summed E-state index contributed by atoms with van der Waals surface area (Å²) in [6.07, 6.45) is 5.60. The summed E-state index contributed by atoms with van der Waals surface area (Å²) in [7, 11) is 0. The van der Waals surface area contributed by atoms with Crippen molar-refractivity contribution in [3.05, 3.63) is 40.6 Å². The van der Waals surface area contributed by atoms with Gasteiger partial charge in [-0.3, -0.25) is 4.90 Å². The standard InChI is InChI=1S/C20H23Cl2N7O/c21-14-2-1-3-16(19(14)22)29-20-15(10-25-29)26-18(11-24-20)27-6-4-13(5-7-27)28-8-9-30-12-17(28)23/h1-3,10-11,13,17H,4-9,12,23H2/t17-/m1/s1. The van der Waals surface area contributed by atoms with Gasteiger partial charge in [-0.15, -0.1) is 0 Å². The first-order chi connectivity index (χ1) is 14.6. The van der Waals surface area contributed by atoms with E-state index < -0.39 is 0 Å². The first kappa shape index (κ1) is 20.0. The van der Waals surface area contributed by atoms with Gasteiger partial charge in [-0.05, 0) is 25.0 Å². The Morgan fingerprint density at radius 1 is 1.10 bits per heavy atom. The summed E-state index contributed by atoms with van der Waals surface area (Å²) in [5.41, 5.74) is 8.28. The maximum absolute atomic E-state index is 6.36. The van der Waals surface area contributed by atoms with Crippen LogP contribution in [0.5, 0.6) is 0 Å². The summed E-state index contributed by atoms with van der Waals surface area (Å²) >= 11 is 12.5. The highest BCUT2D eigenvalue weighted by Crippen LogP contribution is 2.30. The monoisotopic (exact) mass is 447 g/mol. The van der Waals surface area contributed by atoms with E-state index in [0.717, 1.165) is 50.4 Å². The topological polar surface area (TPSA) is 85.3 Å². The molecule has 1 aromatic carbocycles. The number of nitrogens with zero attached hydrogens (tertiary/aromatic N) is 6. The highest BCUT2D eigenvalue weighted by atomic mass is 35.5. The maximum atomic E-state index is 6.36. The SMILES string of the molecule is N[C@H]1COCCN1C1CCN(c2cnc3c(cnn3-c3cccc(Cl)c3Cl)n2)CC1. The average Bonchev–Trinajstić information content (AvgIpc) is 3.19. The number of benzene rings is 1. The average molecular weight is 448 g/mol. The Hall–Kier alpha value is -1.97. The van der Waals surface area contributed by atoms with E-state index in [0.29, 0.717) is 34.0 Å². The Morgan fingerprint density at radius 2 is 1.93 bits per heavy atom. The zero-order valence-electron chi connectivity index (χ0n) is 16.4. The lowest BCUT2D eigenvalue weighted by atomic mass is 10.0. The van der Waals surface area contributed by atoms with Crippen LogP contribution in [0.25, 0.3) is 16.9 Å². The molecular weight excluding hydrogens is 425 g/mol. The fraction of sp³-hybridized carbons (Fsp3) is 0.450. The molecule has 0 bridgehead atoms. The van der Waals surface area contributed by atoms with E-state index in [2.05, 4.69) is 19.9 Å². The van der Waals surface area contributed by atoms with Crippen molar-refractivity contribution in [2.45, 2.75) is 25.0 Å². The Labute approximate surface area is 184 Å². The van der Waals surface area contributed by atoms with E-state index in [1.54, 1.807) is 23.1 Å². The molecule has 0 saturated carbocycles. The van der Waals surface area contributed by atoms with Crippen molar-refractivity contribution in [3.8, 4) is 5.69 Å². The van der Waals surface area contributed by atoms with Crippen LogP contribution in [0, 0.1) is 0 Å². The summed E-state index contributed by atoms with van der Waals surface area (Å²) in [6.45, 7) is 4.12. The lowest BCUT2D eigenvalue weighted by Crippen LogP contribution is -2.57. The molecule has 2 aliphatic heterocycles. The van der Waals surface area contributed by atoms with Crippen molar-refractivity contribution in [2.24, 2.45) is 5.73 Å². The molecule has 4 heterocycles. The molecule has 0 amide bonds. The fourth-order valence-electron chi connectivity index (χ4n) is 4.30. The number of morpholine rings is 1. The normalized spacial score (nSPS) is 21.4. The smallest absolute Gasteiger partial charge is 0.181 e. The number of aromatic nitrogens is 4. The summed E-state index contributed by atoms with van der Waals surface area (Å²) in [5.74, 6) is 0.865. The zero-order chi connectivity index (χ0) is 20.7. The maximum Gasteiger partial charge on any atom is 0.181 e. The van der Waals surface area contributed by atoms with Gasteiger partial charge < -0.3 is 15.4 Å². The first-order valence-electron chi connectivity index (χ1n) is 10.1. The van der Waals surface area contributed by atoms with Crippen LogP contribution >= 0.6 is 23.2 Å². The second-order valence-electron chi connectivity index (χ2n) is 7.66. The Kier molecular flexibility index (Phi) is 5.51. The Bertz CT molecular complexity index is 1050. The van der Waals surface area contributed by atoms with Gasteiger partial charge >= 0.3 is 0 Å². The number of anilines is 1. The Balaban J connectivity index is 1.34. The molecule has 0 spiro atoms. The molecule has 1 atom stereocenters. The van der Waals surface area contributed by atoms with Crippen LogP contribution in [-0.4, -0.2) is 69.7 Å². The Morgan fingerprint density at radius 3 is 2.73 bits per heavy atom. The molecule has 2 saturated heterocycles. The predicted octanol–water partition coefficient (Wildman–Crippen LogP) is 2.71. The van der Waals surface area contributed by atoms with Gasteiger partial charge in [0.25, 0.3) is 0 Å². The molecule has 10 heteroatoms. The number of rotatable bonds is 3. The minimum Gasteiger partial charge on any atom is -0.377 e. The summed E-state index contributed by atoms with van der Waals surface area (Å²) in [5, 5.41) is 5.35. The van der Waals surface area contributed by atoms with E-state index in [-0.39, 0.29) is 6.17 Å². The lowest BCUT2D eigenvalue weighted by molar-refractivity contribution is -0.0310. The summed E-state index contributed by atoms with van der Waals surface area (Å²) < 4.78 is 7.14. The third-order valence-corrected chi connectivity index (χ3v) is 6.70. The van der Waals surface area contributed by atoms with Gasteiger partial charge in [0.15, 0.2) is 5.65 Å². The molecule has 2 aliphatic rings. The highest BCUT2D eigenvalue weighted by Gasteiger charge is 2.30. The van der Waals surface area contributed by atoms with Crippen molar-refractivity contribution in [2.75, 3.05) is 37.7 Å². The van der Waals surface area contributed by atoms with E-state index in [1.165, 1.54) is 0 Å². The largest absolute Gasteiger partial charge is 0.377 e. The van der Waals surface area contributed by atoms with Crippen LogP contribution in [0.15, 0.2) is 30.6 Å². The molecular formula is C20H23Cl2N7O. The predicted molar refractivity (Wildman–Crippen MR) is 117 cm³/mol. The van der Waals surface area contributed by atoms with Gasteiger partial charge in [-0.1, -0.05) is 29.3 Å². The molecule has 30 heavy (non-hydrogen) atoms. The minimum atomic E-state index is -0.00408. The van der Waals surface area contributed by atoms with Gasteiger partial charge in [0.2, 0.25) is 0 Å². The molecule has 2 N–H and O–H groups in total. The molecule has 0 radical (unpaired) electrons. The van der Waals surface area contributed by atoms with E-state index in [4.69, 9.17) is 38.7 Å². The van der Waals surface area contributed by atoms with Gasteiger partial charge in [0.05, 0.1) is 47.5 Å². The van der Waals surface area contributed by atoms with E-state index >= 15 is 0 Å². The second-order valence-corrected chi connectivity index (χ2v) is 8.45. The summed E-state index contributed by atoms with van der Waals surface area (Å²) in [6, 6.07) is 5.93. The van der Waals surface area contributed by atoms with Gasteiger partial charge in [-0.2, -0.15) is 5.10 Å². The van der Waals surface area contributed by atoms with Crippen molar-refractivity contribution in [1.82, 2.24) is 24.6 Å². The van der Waals surface area contributed by atoms with Crippen LogP contribution in [0.2, 0.25) is 10.0 Å². The number of halogens is 2. The highest BCUT2D eigenvalue weighted by molar-refractivity contribution is 6.43. The quantitative estimate of drug-likeness (QED) is 0.660. The molecule has 2 fully saturated rings. The van der Waals surface area contributed by atoms with Crippen LogP contribution in [0.3, 0.4) is 0 Å². The molecule has 0 aliphatic carbocycles. The van der Waals surface area contributed by atoms with Crippen LogP contribution in [0.1, 0.15) is 12.8 Å². The molecule has 3 aromatic rings. The van der Waals surface area contributed by atoms with E-state index in [1.807, 2.05) is 12.1 Å². The van der Waals surface area contributed by atoms with Crippen molar-refractivity contribution >= 4 is 40.2 Å². The van der Waals surface area contributed by atoms with Crippen LogP contribution < -0.4 is 10.6 Å². The molecule has 5 rings (SSSR count). The number of hydrogen-bond donors (Lipinski definition) is 1. The van der Waals surface area contributed by atoms with Crippen LogP contribution in [0.4, 0.5) is 5.82 Å². The summed E-state index contributed by atoms with van der Waals surface area (Å²) in [4.78, 5) is 14.1. The lowest BCUT2D eigenvalue weighted by Gasteiger charge is -2.43. The number of hydrogen-bond acceptors (Lipinski definition) is 7. The first-order valence-corrected chi connectivity index (χ1v) is 10.9. The van der Waals surface area contributed by atoms with Crippen molar-refractivity contribution < 1.29 is 4.74 Å². The molecule has 158 valence electrons. The molecule has 8 nitrogen and oxygen atoms in total. The third kappa shape index (κ3) is 3.63. The van der Waals surface area contributed by atoms with E-state index in [9.17, 15) is 0 Å². The van der Waals surface area contributed by atoms with Gasteiger partial charge in [0, 0.05) is 25.7 Å². The minimum absolute atomic E-state index is 0.00408. The van der Waals surface area contributed by atoms with Crippen molar-refractivity contribution in [3.63, 3.8) is 0 Å². The number of nitrogens with two attached hydrogens (primary N) is 1. The fourth-order valence-corrected chi connectivity index (χ4v) is 4.68. The second kappa shape index (κ2) is 8.28. The number of piperidine rings is 1. The van der Waals surface area contributed by atoms with Crippen LogP contribution in [-0.2, 0) is 4.74 Å². The van der Waals surface area contributed by atoms with Gasteiger partial charge in [-0.25, -0.2) is 14.6 Å². The zero-order valence-corrected chi connectivity index (χ0v) is 17.9. The number of ether oxygens (including phenoxy) is 1. The molecule has 0 unspecified atom stereocenters. The van der Waals surface area contributed by atoms with Gasteiger partial charge in [0.1, 0.15) is 11.3 Å². The molecule has 2 aromatic heterocycles. The third-order valence-electron chi connectivity index (χ3n) is 5.89.